The molecule has 0 radical (unpaired) electrons. The molecule has 0 amide bonds. The Kier molecular flexibility index (Phi) is 3.22. The summed E-state index contributed by atoms with van der Waals surface area (Å²) in [6, 6.07) is 11.1. The summed E-state index contributed by atoms with van der Waals surface area (Å²) in [5.41, 5.74) is 1.46. The second kappa shape index (κ2) is 4.98. The van der Waals surface area contributed by atoms with Crippen LogP contribution in [0.3, 0.4) is 0 Å². The van der Waals surface area contributed by atoms with Crippen molar-refractivity contribution < 1.29 is 4.74 Å². The Morgan fingerprint density at radius 1 is 1.39 bits per heavy atom. The molecule has 0 N–H and O–H groups in total. The van der Waals surface area contributed by atoms with Crippen molar-refractivity contribution in [1.29, 1.82) is 10.5 Å². The Morgan fingerprint density at radius 2 is 2.22 bits per heavy atom. The van der Waals surface area contributed by atoms with Crippen molar-refractivity contribution in [2.75, 3.05) is 7.11 Å². The van der Waals surface area contributed by atoms with Crippen LogP contribution in [0.1, 0.15) is 5.69 Å². The van der Waals surface area contributed by atoms with E-state index >= 15 is 0 Å². The molecule has 0 saturated heterocycles. The molecular weight excluding hydrogens is 230 g/mol. The zero-order valence-electron chi connectivity index (χ0n) is 9.66. The van der Waals surface area contributed by atoms with Crippen LogP contribution in [0.25, 0.3) is 11.3 Å². The Hall–Kier alpha value is -2.86. The van der Waals surface area contributed by atoms with E-state index in [1.807, 2.05) is 18.2 Å². The zero-order valence-corrected chi connectivity index (χ0v) is 9.66. The number of nitriles is 2. The monoisotopic (exact) mass is 239 g/mol. The van der Waals surface area contributed by atoms with Crippen LogP contribution in [0.2, 0.25) is 0 Å². The number of benzene rings is 1. The third-order valence-corrected chi connectivity index (χ3v) is 2.40. The number of hydrogen-bond acceptors (Lipinski definition) is 5. The summed E-state index contributed by atoms with van der Waals surface area (Å²) in [7, 11) is 1.56. The second-order valence-electron chi connectivity index (χ2n) is 3.45. The normalized spacial score (nSPS) is 9.50. The van der Waals surface area contributed by atoms with E-state index in [1.165, 1.54) is 4.68 Å². The van der Waals surface area contributed by atoms with Crippen molar-refractivity contribution in [2.45, 2.75) is 6.54 Å². The molecule has 0 aliphatic heterocycles. The molecule has 0 fully saturated rings. The Labute approximate surface area is 104 Å². The third kappa shape index (κ3) is 2.00. The first-order valence-corrected chi connectivity index (χ1v) is 5.15. The zero-order chi connectivity index (χ0) is 13.0. The fourth-order valence-electron chi connectivity index (χ4n) is 1.62. The maximum absolute atomic E-state index is 9.01. The Morgan fingerprint density at radius 3 is 2.89 bits per heavy atom. The van der Waals surface area contributed by atoms with Crippen molar-refractivity contribution in [3.05, 3.63) is 30.0 Å². The van der Waals surface area contributed by atoms with Crippen LogP contribution in [0.4, 0.5) is 0 Å². The molecule has 0 spiro atoms. The number of aromatic nitrogens is 3. The van der Waals surface area contributed by atoms with Gasteiger partial charge in [0, 0.05) is 5.56 Å². The van der Waals surface area contributed by atoms with E-state index in [0.29, 0.717) is 11.4 Å². The molecule has 6 heteroatoms. The molecule has 0 saturated carbocycles. The molecule has 1 aromatic carbocycles. The summed E-state index contributed by atoms with van der Waals surface area (Å²) in [5, 5.41) is 25.3. The highest BCUT2D eigenvalue weighted by molar-refractivity contribution is 5.66. The van der Waals surface area contributed by atoms with E-state index < -0.39 is 0 Å². The molecule has 88 valence electrons. The van der Waals surface area contributed by atoms with Crippen LogP contribution in [-0.4, -0.2) is 22.1 Å². The van der Waals surface area contributed by atoms with Gasteiger partial charge in [-0.1, -0.05) is 17.3 Å². The molecule has 0 unspecified atom stereocenters. The standard InChI is InChI=1S/C12H9N5O/c1-18-10-4-2-3-9(7-10)12-11(8-14)15-16-17(12)6-5-13/h2-4,7H,6H2,1H3. The van der Waals surface area contributed by atoms with Crippen LogP contribution in [0, 0.1) is 22.7 Å². The van der Waals surface area contributed by atoms with Gasteiger partial charge in [-0.15, -0.1) is 5.10 Å². The van der Waals surface area contributed by atoms with Gasteiger partial charge < -0.3 is 4.74 Å². The van der Waals surface area contributed by atoms with E-state index in [0.717, 1.165) is 5.56 Å². The molecule has 0 aliphatic carbocycles. The topological polar surface area (TPSA) is 87.5 Å². The summed E-state index contributed by atoms with van der Waals surface area (Å²) in [6.45, 7) is 0.0429. The van der Waals surface area contributed by atoms with Crippen molar-refractivity contribution in [2.24, 2.45) is 0 Å². The van der Waals surface area contributed by atoms with E-state index in [4.69, 9.17) is 15.3 Å². The molecule has 1 aromatic heterocycles. The minimum Gasteiger partial charge on any atom is -0.497 e. The molecular formula is C12H9N5O. The first-order chi connectivity index (χ1) is 8.80. The lowest BCUT2D eigenvalue weighted by Gasteiger charge is -2.05. The third-order valence-electron chi connectivity index (χ3n) is 2.40. The molecule has 6 nitrogen and oxygen atoms in total. The van der Waals surface area contributed by atoms with Gasteiger partial charge in [-0.25, -0.2) is 4.68 Å². The molecule has 0 aliphatic rings. The highest BCUT2D eigenvalue weighted by atomic mass is 16.5. The van der Waals surface area contributed by atoms with Crippen LogP contribution in [-0.2, 0) is 6.54 Å². The van der Waals surface area contributed by atoms with Crippen LogP contribution < -0.4 is 4.74 Å². The summed E-state index contributed by atoms with van der Waals surface area (Å²) in [5.74, 6) is 0.668. The van der Waals surface area contributed by atoms with E-state index in [1.54, 1.807) is 25.3 Å². The van der Waals surface area contributed by atoms with Crippen LogP contribution in [0.5, 0.6) is 5.75 Å². The Balaban J connectivity index is 2.58. The maximum Gasteiger partial charge on any atom is 0.190 e. The van der Waals surface area contributed by atoms with Crippen molar-refractivity contribution in [3.8, 4) is 29.1 Å². The quantitative estimate of drug-likeness (QED) is 0.806. The van der Waals surface area contributed by atoms with Crippen molar-refractivity contribution >= 4 is 0 Å². The number of ether oxygens (including phenoxy) is 1. The number of rotatable bonds is 3. The SMILES string of the molecule is COc1cccc(-c2c(C#N)nnn2CC#N)c1. The predicted molar refractivity (Wildman–Crippen MR) is 62.3 cm³/mol. The summed E-state index contributed by atoms with van der Waals surface area (Å²) in [4.78, 5) is 0. The van der Waals surface area contributed by atoms with Gasteiger partial charge in [0.25, 0.3) is 0 Å². The molecule has 0 bridgehead atoms. The molecule has 2 rings (SSSR count). The lowest BCUT2D eigenvalue weighted by molar-refractivity contribution is 0.415. The van der Waals surface area contributed by atoms with Gasteiger partial charge >= 0.3 is 0 Å². The van der Waals surface area contributed by atoms with E-state index in [9.17, 15) is 0 Å². The summed E-state index contributed by atoms with van der Waals surface area (Å²) < 4.78 is 6.52. The number of hydrogen-bond donors (Lipinski definition) is 0. The van der Waals surface area contributed by atoms with E-state index in [2.05, 4.69) is 10.3 Å². The Bertz CT molecular complexity index is 647. The molecule has 2 aromatic rings. The molecule has 18 heavy (non-hydrogen) atoms. The lowest BCUT2D eigenvalue weighted by atomic mass is 10.1. The number of nitrogens with zero attached hydrogens (tertiary/aromatic N) is 5. The highest BCUT2D eigenvalue weighted by Gasteiger charge is 2.14. The van der Waals surface area contributed by atoms with Crippen molar-refractivity contribution in [3.63, 3.8) is 0 Å². The van der Waals surface area contributed by atoms with Gasteiger partial charge in [-0.3, -0.25) is 0 Å². The van der Waals surface area contributed by atoms with Crippen LogP contribution >= 0.6 is 0 Å². The van der Waals surface area contributed by atoms with Gasteiger partial charge in [0.2, 0.25) is 0 Å². The maximum atomic E-state index is 9.01. The van der Waals surface area contributed by atoms with Gasteiger partial charge in [0.15, 0.2) is 5.69 Å². The average Bonchev–Trinajstić information content (AvgIpc) is 2.82. The second-order valence-corrected chi connectivity index (χ2v) is 3.45. The lowest BCUT2D eigenvalue weighted by Crippen LogP contribution is -2.01. The molecule has 1 heterocycles. The predicted octanol–water partition coefficient (Wildman–Crippen LogP) is 1.35. The van der Waals surface area contributed by atoms with Gasteiger partial charge in [-0.2, -0.15) is 10.5 Å². The fraction of sp³-hybridized carbons (Fsp3) is 0.167. The largest absolute Gasteiger partial charge is 0.497 e. The van der Waals surface area contributed by atoms with Gasteiger partial charge in [-0.05, 0) is 12.1 Å². The smallest absolute Gasteiger partial charge is 0.190 e. The first-order valence-electron chi connectivity index (χ1n) is 5.15. The minimum absolute atomic E-state index is 0.0429. The van der Waals surface area contributed by atoms with Gasteiger partial charge in [0.1, 0.15) is 24.1 Å². The van der Waals surface area contributed by atoms with Crippen molar-refractivity contribution in [1.82, 2.24) is 15.0 Å². The fourth-order valence-corrected chi connectivity index (χ4v) is 1.62. The first kappa shape index (κ1) is 11.6. The average molecular weight is 239 g/mol. The minimum atomic E-state index is 0.0429. The van der Waals surface area contributed by atoms with E-state index in [-0.39, 0.29) is 12.2 Å². The number of methoxy groups -OCH3 is 1. The summed E-state index contributed by atoms with van der Waals surface area (Å²) >= 11 is 0. The highest BCUT2D eigenvalue weighted by Crippen LogP contribution is 2.25. The molecule has 0 atom stereocenters. The van der Waals surface area contributed by atoms with Gasteiger partial charge in [0.05, 0.1) is 13.2 Å². The van der Waals surface area contributed by atoms with Crippen LogP contribution in [0.15, 0.2) is 24.3 Å². The summed E-state index contributed by atoms with van der Waals surface area (Å²) in [6.07, 6.45) is 0.